The summed E-state index contributed by atoms with van der Waals surface area (Å²) >= 11 is 1.38. The van der Waals surface area contributed by atoms with E-state index >= 15 is 0 Å². The monoisotopic (exact) mass is 381 g/mol. The fourth-order valence-corrected chi connectivity index (χ4v) is 4.23. The number of aromatic carboxylic acids is 1. The zero-order valence-electron chi connectivity index (χ0n) is 15.9. The topological polar surface area (TPSA) is 42.2 Å². The summed E-state index contributed by atoms with van der Waals surface area (Å²) < 4.78 is 2.29. The van der Waals surface area contributed by atoms with Gasteiger partial charge in [0.1, 0.15) is 4.88 Å². The SMILES string of the molecule is CCCCCc1ccc(-c2cccn2CCCc2ccc(C(=O)O)s2)cc1. The van der Waals surface area contributed by atoms with E-state index in [4.69, 9.17) is 5.11 Å². The normalized spacial score (nSPS) is 11.0. The van der Waals surface area contributed by atoms with Crippen LogP contribution in [0.2, 0.25) is 0 Å². The number of hydrogen-bond donors (Lipinski definition) is 1. The van der Waals surface area contributed by atoms with E-state index in [9.17, 15) is 4.79 Å². The van der Waals surface area contributed by atoms with Gasteiger partial charge in [-0.3, -0.25) is 0 Å². The number of rotatable bonds is 10. The van der Waals surface area contributed by atoms with E-state index in [1.165, 1.54) is 47.4 Å². The molecule has 4 heteroatoms. The van der Waals surface area contributed by atoms with Gasteiger partial charge >= 0.3 is 5.97 Å². The predicted molar refractivity (Wildman–Crippen MR) is 113 cm³/mol. The Bertz CT molecular complexity index is 861. The maximum absolute atomic E-state index is 11.0. The third-order valence-electron chi connectivity index (χ3n) is 4.84. The lowest BCUT2D eigenvalue weighted by molar-refractivity contribution is 0.0702. The van der Waals surface area contributed by atoms with Crippen molar-refractivity contribution in [1.82, 2.24) is 4.57 Å². The highest BCUT2D eigenvalue weighted by Gasteiger charge is 2.08. The number of hydrogen-bond acceptors (Lipinski definition) is 2. The average molecular weight is 382 g/mol. The molecule has 0 aliphatic carbocycles. The van der Waals surface area contributed by atoms with Gasteiger partial charge in [0.15, 0.2) is 0 Å². The molecule has 0 spiro atoms. The van der Waals surface area contributed by atoms with E-state index in [-0.39, 0.29) is 0 Å². The lowest BCUT2D eigenvalue weighted by Crippen LogP contribution is -2.00. The molecule has 0 aliphatic heterocycles. The molecule has 0 aliphatic rings. The standard InChI is InChI=1S/C23H27NO2S/c1-2-3-4-7-18-10-12-19(13-11-18)21-9-6-17-24(21)16-5-8-20-14-15-22(27-20)23(25)26/h6,9-15,17H,2-5,7-8,16H2,1H3,(H,25,26). The Labute approximate surface area is 165 Å². The van der Waals surface area contributed by atoms with Crippen LogP contribution in [0, 0.1) is 0 Å². The zero-order valence-corrected chi connectivity index (χ0v) is 16.7. The molecule has 0 bridgehead atoms. The van der Waals surface area contributed by atoms with Gasteiger partial charge in [0.05, 0.1) is 0 Å². The third kappa shape index (κ3) is 5.33. The molecule has 3 aromatic rings. The number of aryl methyl sites for hydroxylation is 3. The summed E-state index contributed by atoms with van der Waals surface area (Å²) in [5.74, 6) is -0.836. The van der Waals surface area contributed by atoms with Crippen LogP contribution in [-0.4, -0.2) is 15.6 Å². The first-order chi connectivity index (χ1) is 13.2. The molecule has 0 saturated carbocycles. The largest absolute Gasteiger partial charge is 0.477 e. The van der Waals surface area contributed by atoms with E-state index in [1.807, 2.05) is 6.07 Å². The number of thiophene rings is 1. The Morgan fingerprint density at radius 1 is 1.00 bits per heavy atom. The summed E-state index contributed by atoms with van der Waals surface area (Å²) in [5.41, 5.74) is 3.91. The molecule has 1 N–H and O–H groups in total. The first kappa shape index (κ1) is 19.4. The molecule has 2 heterocycles. The van der Waals surface area contributed by atoms with Gasteiger partial charge in [0, 0.05) is 23.3 Å². The lowest BCUT2D eigenvalue weighted by atomic mass is 10.0. The maximum atomic E-state index is 11.0. The zero-order chi connectivity index (χ0) is 19.1. The van der Waals surface area contributed by atoms with Crippen molar-refractivity contribution in [3.63, 3.8) is 0 Å². The Morgan fingerprint density at radius 3 is 2.52 bits per heavy atom. The van der Waals surface area contributed by atoms with Gasteiger partial charge in [-0.15, -0.1) is 11.3 Å². The molecule has 0 unspecified atom stereocenters. The van der Waals surface area contributed by atoms with Gasteiger partial charge < -0.3 is 9.67 Å². The summed E-state index contributed by atoms with van der Waals surface area (Å²) in [6.07, 6.45) is 9.01. The highest BCUT2D eigenvalue weighted by molar-refractivity contribution is 7.13. The number of benzene rings is 1. The fourth-order valence-electron chi connectivity index (χ4n) is 3.34. The van der Waals surface area contributed by atoms with Gasteiger partial charge in [-0.25, -0.2) is 4.79 Å². The Balaban J connectivity index is 1.57. The summed E-state index contributed by atoms with van der Waals surface area (Å²) in [6, 6.07) is 16.9. The van der Waals surface area contributed by atoms with Crippen molar-refractivity contribution < 1.29 is 9.90 Å². The van der Waals surface area contributed by atoms with Gasteiger partial charge in [-0.05, 0) is 61.1 Å². The molecule has 3 rings (SSSR count). The minimum Gasteiger partial charge on any atom is -0.477 e. The number of nitrogens with zero attached hydrogens (tertiary/aromatic N) is 1. The number of carboxylic acids is 1. The van der Waals surface area contributed by atoms with E-state index in [2.05, 4.69) is 54.1 Å². The maximum Gasteiger partial charge on any atom is 0.345 e. The molecule has 0 saturated heterocycles. The number of unbranched alkanes of at least 4 members (excludes halogenated alkanes) is 2. The van der Waals surface area contributed by atoms with Gasteiger partial charge in [-0.1, -0.05) is 44.0 Å². The second kappa shape index (κ2) is 9.56. The van der Waals surface area contributed by atoms with Crippen LogP contribution in [0.3, 0.4) is 0 Å². The van der Waals surface area contributed by atoms with Gasteiger partial charge in [-0.2, -0.15) is 0 Å². The van der Waals surface area contributed by atoms with E-state index in [0.717, 1.165) is 30.7 Å². The molecule has 142 valence electrons. The van der Waals surface area contributed by atoms with Gasteiger partial charge in [0.2, 0.25) is 0 Å². The highest BCUT2D eigenvalue weighted by Crippen LogP contribution is 2.23. The minimum absolute atomic E-state index is 0.422. The Morgan fingerprint density at radius 2 is 1.81 bits per heavy atom. The van der Waals surface area contributed by atoms with Crippen molar-refractivity contribution >= 4 is 17.3 Å². The summed E-state index contributed by atoms with van der Waals surface area (Å²) in [7, 11) is 0. The molecule has 0 radical (unpaired) electrons. The van der Waals surface area contributed by atoms with E-state index < -0.39 is 5.97 Å². The fraction of sp³-hybridized carbons (Fsp3) is 0.348. The molecule has 2 aromatic heterocycles. The number of carboxylic acid groups (broad SMARTS) is 1. The summed E-state index contributed by atoms with van der Waals surface area (Å²) in [5, 5.41) is 9.02. The molecule has 27 heavy (non-hydrogen) atoms. The predicted octanol–water partition coefficient (Wildman–Crippen LogP) is 6.28. The second-order valence-corrected chi connectivity index (χ2v) is 8.08. The second-order valence-electron chi connectivity index (χ2n) is 6.92. The minimum atomic E-state index is -0.836. The van der Waals surface area contributed by atoms with Crippen molar-refractivity contribution in [3.8, 4) is 11.3 Å². The first-order valence-corrected chi connectivity index (χ1v) is 10.6. The van der Waals surface area contributed by atoms with E-state index in [1.54, 1.807) is 6.07 Å². The van der Waals surface area contributed by atoms with Crippen molar-refractivity contribution in [2.75, 3.05) is 0 Å². The number of aromatic nitrogens is 1. The Kier molecular flexibility index (Phi) is 6.88. The van der Waals surface area contributed by atoms with E-state index in [0.29, 0.717) is 4.88 Å². The van der Waals surface area contributed by atoms with Crippen LogP contribution in [0.15, 0.2) is 54.7 Å². The quantitative estimate of drug-likeness (QED) is 0.420. The van der Waals surface area contributed by atoms with Gasteiger partial charge in [0.25, 0.3) is 0 Å². The van der Waals surface area contributed by atoms with Crippen LogP contribution in [0.1, 0.15) is 52.7 Å². The smallest absolute Gasteiger partial charge is 0.345 e. The average Bonchev–Trinajstić information content (AvgIpc) is 3.32. The highest BCUT2D eigenvalue weighted by atomic mass is 32.1. The third-order valence-corrected chi connectivity index (χ3v) is 5.98. The number of carbonyl (C=O) groups is 1. The lowest BCUT2D eigenvalue weighted by Gasteiger charge is -2.10. The van der Waals surface area contributed by atoms with Crippen molar-refractivity contribution in [1.29, 1.82) is 0 Å². The van der Waals surface area contributed by atoms with Crippen molar-refractivity contribution in [2.45, 2.75) is 52.0 Å². The summed E-state index contributed by atoms with van der Waals surface area (Å²) in [4.78, 5) is 12.5. The molecule has 0 fully saturated rings. The molecule has 3 nitrogen and oxygen atoms in total. The van der Waals surface area contributed by atoms with Crippen LogP contribution >= 0.6 is 11.3 Å². The molecule has 0 atom stereocenters. The molecular formula is C23H27NO2S. The molecule has 1 aromatic carbocycles. The van der Waals surface area contributed by atoms with Crippen molar-refractivity contribution in [3.05, 3.63) is 70.0 Å². The summed E-state index contributed by atoms with van der Waals surface area (Å²) in [6.45, 7) is 3.17. The first-order valence-electron chi connectivity index (χ1n) is 9.74. The Hall–Kier alpha value is -2.33. The van der Waals surface area contributed by atoms with Crippen molar-refractivity contribution in [2.24, 2.45) is 0 Å². The molecule has 0 amide bonds. The van der Waals surface area contributed by atoms with Crippen LogP contribution in [0.5, 0.6) is 0 Å². The van der Waals surface area contributed by atoms with Crippen LogP contribution in [-0.2, 0) is 19.4 Å². The van der Waals surface area contributed by atoms with Crippen LogP contribution < -0.4 is 0 Å². The van der Waals surface area contributed by atoms with Crippen LogP contribution in [0.25, 0.3) is 11.3 Å². The molecular weight excluding hydrogens is 354 g/mol. The van der Waals surface area contributed by atoms with Crippen LogP contribution in [0.4, 0.5) is 0 Å².